The van der Waals surface area contributed by atoms with Crippen LogP contribution < -0.4 is 0 Å². The summed E-state index contributed by atoms with van der Waals surface area (Å²) in [6.45, 7) is 5.22. The molecule has 1 aliphatic heterocycles. The van der Waals surface area contributed by atoms with Crippen molar-refractivity contribution in [2.24, 2.45) is 0 Å². The number of nitrogens with zero attached hydrogens (tertiary/aromatic N) is 2. The number of amides is 1. The molecule has 1 fully saturated rings. The molecule has 126 valence electrons. The molecule has 24 heavy (non-hydrogen) atoms. The summed E-state index contributed by atoms with van der Waals surface area (Å²) in [5, 5.41) is 0. The Morgan fingerprint density at radius 3 is 2.50 bits per heavy atom. The van der Waals surface area contributed by atoms with Gasteiger partial charge in [-0.2, -0.15) is 0 Å². The smallest absolute Gasteiger partial charge is 0.256 e. The Kier molecular flexibility index (Phi) is 5.26. The second kappa shape index (κ2) is 7.58. The lowest BCUT2D eigenvalue weighted by atomic mass is 10.1. The molecule has 0 bridgehead atoms. The summed E-state index contributed by atoms with van der Waals surface area (Å²) in [7, 11) is 0. The van der Waals surface area contributed by atoms with Crippen molar-refractivity contribution in [3.63, 3.8) is 0 Å². The van der Waals surface area contributed by atoms with Gasteiger partial charge in [-0.25, -0.2) is 4.39 Å². The second-order valence-corrected chi connectivity index (χ2v) is 6.35. The summed E-state index contributed by atoms with van der Waals surface area (Å²) in [6, 6.07) is 16.9. The average Bonchev–Trinajstić information content (AvgIpc) is 2.61. The summed E-state index contributed by atoms with van der Waals surface area (Å²) in [6.07, 6.45) is 1.01. The van der Waals surface area contributed by atoms with Gasteiger partial charge in [-0.05, 0) is 31.0 Å². The fourth-order valence-electron chi connectivity index (χ4n) is 3.23. The van der Waals surface area contributed by atoms with E-state index in [0.717, 1.165) is 19.5 Å². The normalized spacial score (nSPS) is 18.6. The SMILES string of the molecule is CC1CN(C(=O)c2ccccc2F)CCN1CCc1ccccc1. The quantitative estimate of drug-likeness (QED) is 0.861. The minimum Gasteiger partial charge on any atom is -0.336 e. The average molecular weight is 326 g/mol. The van der Waals surface area contributed by atoms with Crippen LogP contribution in [0.15, 0.2) is 54.6 Å². The Bertz CT molecular complexity index is 689. The molecular weight excluding hydrogens is 303 g/mol. The number of carbonyl (C=O) groups excluding carboxylic acids is 1. The van der Waals surface area contributed by atoms with Crippen molar-refractivity contribution in [1.29, 1.82) is 0 Å². The molecule has 4 heteroatoms. The summed E-state index contributed by atoms with van der Waals surface area (Å²) in [5.41, 5.74) is 1.50. The van der Waals surface area contributed by atoms with Crippen LogP contribution in [0.3, 0.4) is 0 Å². The first-order chi connectivity index (χ1) is 11.6. The van der Waals surface area contributed by atoms with Crippen LogP contribution in [-0.4, -0.2) is 47.9 Å². The highest BCUT2D eigenvalue weighted by Crippen LogP contribution is 2.16. The molecule has 1 unspecified atom stereocenters. The lowest BCUT2D eigenvalue weighted by molar-refractivity contribution is 0.0513. The number of benzene rings is 2. The van der Waals surface area contributed by atoms with Gasteiger partial charge in [0.25, 0.3) is 5.91 Å². The number of rotatable bonds is 4. The van der Waals surface area contributed by atoms with Gasteiger partial charge in [0.2, 0.25) is 0 Å². The van der Waals surface area contributed by atoms with Gasteiger partial charge in [-0.1, -0.05) is 42.5 Å². The lowest BCUT2D eigenvalue weighted by Gasteiger charge is -2.40. The van der Waals surface area contributed by atoms with Gasteiger partial charge >= 0.3 is 0 Å². The van der Waals surface area contributed by atoms with E-state index in [1.54, 1.807) is 23.1 Å². The molecule has 3 rings (SSSR count). The van der Waals surface area contributed by atoms with E-state index in [2.05, 4.69) is 36.1 Å². The Labute approximate surface area is 142 Å². The van der Waals surface area contributed by atoms with Crippen molar-refractivity contribution in [3.05, 3.63) is 71.5 Å². The van der Waals surface area contributed by atoms with E-state index in [1.807, 2.05) is 6.07 Å². The molecule has 0 N–H and O–H groups in total. The first-order valence-electron chi connectivity index (χ1n) is 8.47. The van der Waals surface area contributed by atoms with Crippen LogP contribution in [-0.2, 0) is 6.42 Å². The van der Waals surface area contributed by atoms with Crippen LogP contribution >= 0.6 is 0 Å². The molecule has 2 aromatic rings. The highest BCUT2D eigenvalue weighted by atomic mass is 19.1. The third kappa shape index (κ3) is 3.82. The fourth-order valence-corrected chi connectivity index (χ4v) is 3.23. The highest BCUT2D eigenvalue weighted by molar-refractivity contribution is 5.94. The Morgan fingerprint density at radius 2 is 1.79 bits per heavy atom. The first-order valence-corrected chi connectivity index (χ1v) is 8.47. The van der Waals surface area contributed by atoms with E-state index in [1.165, 1.54) is 11.6 Å². The zero-order chi connectivity index (χ0) is 16.9. The fraction of sp³-hybridized carbons (Fsp3) is 0.350. The van der Waals surface area contributed by atoms with Gasteiger partial charge in [-0.15, -0.1) is 0 Å². The molecule has 1 aliphatic rings. The van der Waals surface area contributed by atoms with Gasteiger partial charge in [0.15, 0.2) is 0 Å². The Hall–Kier alpha value is -2.20. The molecule has 3 nitrogen and oxygen atoms in total. The monoisotopic (exact) mass is 326 g/mol. The van der Waals surface area contributed by atoms with Gasteiger partial charge in [-0.3, -0.25) is 9.69 Å². The number of hydrogen-bond acceptors (Lipinski definition) is 2. The van der Waals surface area contributed by atoms with Crippen molar-refractivity contribution < 1.29 is 9.18 Å². The van der Waals surface area contributed by atoms with E-state index >= 15 is 0 Å². The third-order valence-electron chi connectivity index (χ3n) is 4.69. The molecular formula is C20H23FN2O. The molecule has 0 aromatic heterocycles. The van der Waals surface area contributed by atoms with Crippen LogP contribution in [0.25, 0.3) is 0 Å². The van der Waals surface area contributed by atoms with Gasteiger partial charge in [0.1, 0.15) is 5.82 Å². The van der Waals surface area contributed by atoms with Crippen LogP contribution in [0.4, 0.5) is 4.39 Å². The third-order valence-corrected chi connectivity index (χ3v) is 4.69. The molecule has 2 aromatic carbocycles. The minimum absolute atomic E-state index is 0.169. The van der Waals surface area contributed by atoms with Crippen molar-refractivity contribution in [1.82, 2.24) is 9.80 Å². The van der Waals surface area contributed by atoms with E-state index < -0.39 is 5.82 Å². The Morgan fingerprint density at radius 1 is 1.08 bits per heavy atom. The van der Waals surface area contributed by atoms with Crippen LogP contribution in [0.5, 0.6) is 0 Å². The van der Waals surface area contributed by atoms with Crippen molar-refractivity contribution in [3.8, 4) is 0 Å². The molecule has 1 saturated heterocycles. The van der Waals surface area contributed by atoms with Gasteiger partial charge in [0, 0.05) is 32.2 Å². The molecule has 1 heterocycles. The number of carbonyl (C=O) groups is 1. The molecule has 1 atom stereocenters. The maximum Gasteiger partial charge on any atom is 0.256 e. The van der Waals surface area contributed by atoms with E-state index in [9.17, 15) is 9.18 Å². The zero-order valence-corrected chi connectivity index (χ0v) is 14.0. The van der Waals surface area contributed by atoms with E-state index in [4.69, 9.17) is 0 Å². The van der Waals surface area contributed by atoms with Crippen LogP contribution in [0.2, 0.25) is 0 Å². The predicted molar refractivity (Wildman–Crippen MR) is 93.5 cm³/mol. The van der Waals surface area contributed by atoms with Crippen molar-refractivity contribution >= 4 is 5.91 Å². The van der Waals surface area contributed by atoms with E-state index in [-0.39, 0.29) is 17.5 Å². The molecule has 0 radical (unpaired) electrons. The summed E-state index contributed by atoms with van der Waals surface area (Å²) >= 11 is 0. The lowest BCUT2D eigenvalue weighted by Crippen LogP contribution is -2.54. The van der Waals surface area contributed by atoms with Gasteiger partial charge in [0.05, 0.1) is 5.56 Å². The van der Waals surface area contributed by atoms with Crippen molar-refractivity contribution in [2.75, 3.05) is 26.2 Å². The summed E-state index contributed by atoms with van der Waals surface area (Å²) < 4.78 is 13.8. The minimum atomic E-state index is -0.443. The largest absolute Gasteiger partial charge is 0.336 e. The second-order valence-electron chi connectivity index (χ2n) is 6.35. The maximum absolute atomic E-state index is 13.8. The topological polar surface area (TPSA) is 23.6 Å². The first kappa shape index (κ1) is 16.7. The van der Waals surface area contributed by atoms with E-state index in [0.29, 0.717) is 13.1 Å². The van der Waals surface area contributed by atoms with Crippen molar-refractivity contribution in [2.45, 2.75) is 19.4 Å². The number of hydrogen-bond donors (Lipinski definition) is 0. The maximum atomic E-state index is 13.8. The molecule has 0 saturated carbocycles. The zero-order valence-electron chi connectivity index (χ0n) is 14.0. The molecule has 0 aliphatic carbocycles. The molecule has 0 spiro atoms. The summed E-state index contributed by atoms with van der Waals surface area (Å²) in [4.78, 5) is 16.7. The number of piperazine rings is 1. The van der Waals surface area contributed by atoms with Crippen LogP contribution in [0, 0.1) is 5.82 Å². The predicted octanol–water partition coefficient (Wildman–Crippen LogP) is 3.21. The Balaban J connectivity index is 1.57. The molecule has 1 amide bonds. The highest BCUT2D eigenvalue weighted by Gasteiger charge is 2.28. The number of halogens is 1. The summed E-state index contributed by atoms with van der Waals surface area (Å²) in [5.74, 6) is -0.649. The standard InChI is InChI=1S/C20H23FN2O/c1-16-15-23(20(24)18-9-5-6-10-19(18)21)14-13-22(16)12-11-17-7-3-2-4-8-17/h2-10,16H,11-15H2,1H3. The van der Waals surface area contributed by atoms with Gasteiger partial charge < -0.3 is 4.90 Å². The van der Waals surface area contributed by atoms with Crippen LogP contribution in [0.1, 0.15) is 22.8 Å².